The highest BCUT2D eigenvalue weighted by molar-refractivity contribution is 7.09. The van der Waals surface area contributed by atoms with Crippen molar-refractivity contribution in [1.82, 2.24) is 9.88 Å². The van der Waals surface area contributed by atoms with Gasteiger partial charge in [-0.15, -0.1) is 11.3 Å². The number of ketones is 1. The largest absolute Gasteiger partial charge is 0.300 e. The number of hydrogen-bond acceptors (Lipinski definition) is 4. The van der Waals surface area contributed by atoms with Crippen molar-refractivity contribution in [3.05, 3.63) is 16.6 Å². The molecule has 0 aromatic carbocycles. The molecule has 2 heterocycles. The van der Waals surface area contributed by atoms with E-state index in [0.29, 0.717) is 11.7 Å². The van der Waals surface area contributed by atoms with Crippen molar-refractivity contribution in [3.63, 3.8) is 0 Å². The highest BCUT2D eigenvalue weighted by atomic mass is 32.1. The van der Waals surface area contributed by atoms with Gasteiger partial charge in [0, 0.05) is 23.5 Å². The summed E-state index contributed by atoms with van der Waals surface area (Å²) in [5.74, 6) is 0.662. The van der Waals surface area contributed by atoms with Crippen molar-refractivity contribution in [2.75, 3.05) is 13.1 Å². The van der Waals surface area contributed by atoms with E-state index in [0.717, 1.165) is 32.5 Å². The summed E-state index contributed by atoms with van der Waals surface area (Å²) in [5.41, 5.74) is 1.87. The second-order valence-corrected chi connectivity index (χ2v) is 5.10. The van der Waals surface area contributed by atoms with Crippen molar-refractivity contribution in [3.8, 4) is 0 Å². The molecule has 1 aliphatic heterocycles. The molecule has 1 aliphatic rings. The number of thiazole rings is 1. The molecule has 3 nitrogen and oxygen atoms in total. The Balaban J connectivity index is 1.81. The summed E-state index contributed by atoms with van der Waals surface area (Å²) in [6.45, 7) is 4.79. The minimum absolute atomic E-state index is 0.308. The molecule has 0 aliphatic carbocycles. The van der Waals surface area contributed by atoms with Crippen LogP contribution in [0.4, 0.5) is 0 Å². The molecule has 2 rings (SSSR count). The average Bonchev–Trinajstić information content (AvgIpc) is 2.71. The van der Waals surface area contributed by atoms with Gasteiger partial charge in [0.25, 0.3) is 0 Å². The zero-order chi connectivity index (χ0) is 10.7. The van der Waals surface area contributed by atoms with Crippen LogP contribution in [0.5, 0.6) is 0 Å². The van der Waals surface area contributed by atoms with E-state index in [-0.39, 0.29) is 0 Å². The first-order valence-corrected chi connectivity index (χ1v) is 6.24. The van der Waals surface area contributed by atoms with Crippen LogP contribution >= 0.6 is 11.3 Å². The minimum Gasteiger partial charge on any atom is -0.300 e. The molecule has 1 fully saturated rings. The fraction of sp³-hybridized carbons (Fsp3) is 0.636. The molecule has 0 bridgehead atoms. The van der Waals surface area contributed by atoms with Crippen LogP contribution in [0.15, 0.2) is 11.7 Å². The van der Waals surface area contributed by atoms with E-state index in [2.05, 4.69) is 9.88 Å². The monoisotopic (exact) mass is 224 g/mol. The summed E-state index contributed by atoms with van der Waals surface area (Å²) in [6, 6.07) is 0. The number of piperidine rings is 1. The predicted molar refractivity (Wildman–Crippen MR) is 60.8 cm³/mol. The summed E-state index contributed by atoms with van der Waals surface area (Å²) in [6.07, 6.45) is 3.98. The van der Waals surface area contributed by atoms with E-state index < -0.39 is 0 Å². The fourth-order valence-corrected chi connectivity index (χ4v) is 2.67. The van der Waals surface area contributed by atoms with Gasteiger partial charge in [-0.25, -0.2) is 0 Å². The van der Waals surface area contributed by atoms with Gasteiger partial charge in [-0.2, -0.15) is 0 Å². The maximum Gasteiger partial charge on any atom is 0.133 e. The molecule has 4 heteroatoms. The summed E-state index contributed by atoms with van der Waals surface area (Å²) < 4.78 is 0. The Labute approximate surface area is 94.1 Å². The molecule has 0 amide bonds. The molecule has 0 saturated carbocycles. The maximum atomic E-state index is 11.2. The van der Waals surface area contributed by atoms with Crippen LogP contribution in [0.25, 0.3) is 0 Å². The first kappa shape index (κ1) is 10.8. The van der Waals surface area contributed by atoms with Gasteiger partial charge in [-0.1, -0.05) is 0 Å². The molecule has 0 N–H and O–H groups in total. The Kier molecular flexibility index (Phi) is 3.49. The molecule has 15 heavy (non-hydrogen) atoms. The third-order valence-electron chi connectivity index (χ3n) is 3.03. The first-order chi connectivity index (χ1) is 7.25. The lowest BCUT2D eigenvalue weighted by Crippen LogP contribution is -2.35. The molecular formula is C11H16N2OS. The van der Waals surface area contributed by atoms with Crippen LogP contribution in [0.1, 0.15) is 24.6 Å². The Hall–Kier alpha value is -0.740. The molecule has 82 valence electrons. The molecule has 1 saturated heterocycles. The Morgan fingerprint density at radius 1 is 1.60 bits per heavy atom. The van der Waals surface area contributed by atoms with E-state index in [1.54, 1.807) is 18.3 Å². The van der Waals surface area contributed by atoms with Gasteiger partial charge >= 0.3 is 0 Å². The third-order valence-corrected chi connectivity index (χ3v) is 3.79. The number of hydrogen-bond donors (Lipinski definition) is 0. The lowest BCUT2D eigenvalue weighted by Gasteiger charge is -2.30. The van der Waals surface area contributed by atoms with Gasteiger partial charge in [0.1, 0.15) is 5.78 Å². The summed E-state index contributed by atoms with van der Waals surface area (Å²) in [4.78, 5) is 19.0. The number of Topliss-reactive ketones (excluding diaryl/α,β-unsaturated/α-hetero) is 1. The predicted octanol–water partition coefficient (Wildman–Crippen LogP) is 1.94. The molecule has 0 atom stereocenters. The standard InChI is InChI=1S/C11H16N2OS/c1-9(14)10-2-4-13(5-3-10)7-11-6-12-8-15-11/h6,8,10H,2-5,7H2,1H3. The number of likely N-dealkylation sites (tertiary alicyclic amines) is 1. The second-order valence-electron chi connectivity index (χ2n) is 4.13. The van der Waals surface area contributed by atoms with Crippen molar-refractivity contribution < 1.29 is 4.79 Å². The zero-order valence-corrected chi connectivity index (χ0v) is 9.80. The van der Waals surface area contributed by atoms with Gasteiger partial charge in [0.05, 0.1) is 5.51 Å². The number of aromatic nitrogens is 1. The molecule has 0 spiro atoms. The van der Waals surface area contributed by atoms with E-state index in [1.807, 2.05) is 11.7 Å². The maximum absolute atomic E-state index is 11.2. The summed E-state index contributed by atoms with van der Waals surface area (Å²) >= 11 is 1.70. The summed E-state index contributed by atoms with van der Waals surface area (Å²) in [7, 11) is 0. The lowest BCUT2D eigenvalue weighted by atomic mass is 9.93. The van der Waals surface area contributed by atoms with Crippen molar-refractivity contribution >= 4 is 17.1 Å². The van der Waals surface area contributed by atoms with Crippen LogP contribution in [-0.4, -0.2) is 28.8 Å². The number of carbonyl (C=O) groups is 1. The Morgan fingerprint density at radius 2 is 2.33 bits per heavy atom. The Morgan fingerprint density at radius 3 is 2.87 bits per heavy atom. The highest BCUT2D eigenvalue weighted by Crippen LogP contribution is 2.20. The molecule has 0 unspecified atom stereocenters. The number of nitrogens with zero attached hydrogens (tertiary/aromatic N) is 2. The van der Waals surface area contributed by atoms with Crippen molar-refractivity contribution in [2.45, 2.75) is 26.3 Å². The Bertz CT molecular complexity index is 315. The molecule has 1 aromatic rings. The quantitative estimate of drug-likeness (QED) is 0.786. The van der Waals surface area contributed by atoms with Crippen LogP contribution in [-0.2, 0) is 11.3 Å². The van der Waals surface area contributed by atoms with Gasteiger partial charge in [0.15, 0.2) is 0 Å². The normalized spacial score (nSPS) is 19.3. The number of rotatable bonds is 3. The number of carbonyl (C=O) groups excluding carboxylic acids is 1. The smallest absolute Gasteiger partial charge is 0.133 e. The molecule has 0 radical (unpaired) electrons. The van der Waals surface area contributed by atoms with Crippen molar-refractivity contribution in [2.24, 2.45) is 5.92 Å². The molecule has 1 aromatic heterocycles. The van der Waals surface area contributed by atoms with Crippen LogP contribution < -0.4 is 0 Å². The fourth-order valence-electron chi connectivity index (χ4n) is 2.04. The van der Waals surface area contributed by atoms with Gasteiger partial charge in [-0.05, 0) is 32.9 Å². The SMILES string of the molecule is CC(=O)C1CCN(Cc2cncs2)CC1. The van der Waals surface area contributed by atoms with Crippen LogP contribution in [0.2, 0.25) is 0 Å². The second kappa shape index (κ2) is 4.86. The topological polar surface area (TPSA) is 33.2 Å². The van der Waals surface area contributed by atoms with Crippen LogP contribution in [0, 0.1) is 5.92 Å². The van der Waals surface area contributed by atoms with E-state index in [1.165, 1.54) is 4.88 Å². The lowest BCUT2D eigenvalue weighted by molar-refractivity contribution is -0.122. The molecular weight excluding hydrogens is 208 g/mol. The van der Waals surface area contributed by atoms with Crippen molar-refractivity contribution in [1.29, 1.82) is 0 Å². The van der Waals surface area contributed by atoms with E-state index in [9.17, 15) is 4.79 Å². The van der Waals surface area contributed by atoms with Gasteiger partial charge < -0.3 is 0 Å². The highest BCUT2D eigenvalue weighted by Gasteiger charge is 2.22. The summed E-state index contributed by atoms with van der Waals surface area (Å²) in [5, 5.41) is 0. The van der Waals surface area contributed by atoms with E-state index >= 15 is 0 Å². The third kappa shape index (κ3) is 2.86. The van der Waals surface area contributed by atoms with E-state index in [4.69, 9.17) is 0 Å². The van der Waals surface area contributed by atoms with Crippen LogP contribution in [0.3, 0.4) is 0 Å². The minimum atomic E-state index is 0.308. The van der Waals surface area contributed by atoms with Gasteiger partial charge in [-0.3, -0.25) is 14.7 Å². The van der Waals surface area contributed by atoms with Gasteiger partial charge in [0.2, 0.25) is 0 Å². The average molecular weight is 224 g/mol. The first-order valence-electron chi connectivity index (χ1n) is 5.36. The zero-order valence-electron chi connectivity index (χ0n) is 8.98.